The zero-order valence-corrected chi connectivity index (χ0v) is 21.0. The number of aliphatic carboxylic acids is 1. The van der Waals surface area contributed by atoms with Crippen LogP contribution in [0.2, 0.25) is 0 Å². The molecule has 3 amide bonds. The molecule has 0 spiro atoms. The first-order chi connectivity index (χ1) is 18.9. The quantitative estimate of drug-likeness (QED) is 0.285. The van der Waals surface area contributed by atoms with E-state index in [1.807, 2.05) is 83.8 Å². The van der Waals surface area contributed by atoms with Gasteiger partial charge in [-0.1, -0.05) is 78.9 Å². The highest BCUT2D eigenvalue weighted by Gasteiger charge is 2.40. The average Bonchev–Trinajstić information content (AvgIpc) is 3.49. The number of rotatable bonds is 6. The molecule has 2 unspecified atom stereocenters. The number of nitrogens with one attached hydrogen (secondary N) is 3. The van der Waals surface area contributed by atoms with Crippen molar-refractivity contribution in [3.05, 3.63) is 95.6 Å². The summed E-state index contributed by atoms with van der Waals surface area (Å²) >= 11 is 0. The smallest absolute Gasteiger partial charge is 0.426 e. The highest BCUT2D eigenvalue weighted by Crippen LogP contribution is 2.44. The van der Waals surface area contributed by atoms with Gasteiger partial charge in [-0.15, -0.1) is 0 Å². The summed E-state index contributed by atoms with van der Waals surface area (Å²) in [5.74, 6) is -4.32. The summed E-state index contributed by atoms with van der Waals surface area (Å²) in [5, 5.41) is 11.5. The highest BCUT2D eigenvalue weighted by atomic mass is 16.6. The number of hydrazine groups is 1. The molecule has 3 aromatic carbocycles. The van der Waals surface area contributed by atoms with Gasteiger partial charge in [0.05, 0.1) is 12.1 Å². The standard InChI is InChI=1S/C29H28N4O6/c34-26(23-14-15-33(16-18-8-2-1-3-9-18)25(23)30-27(35)28(36)37)31-32-29(38)39-17-24-21-12-6-4-10-19(21)20-11-5-7-13-22(20)24/h1-13,23-25H,14-17H2,(H,30,35)(H,31,34)(H,32,38)(H,36,37). The van der Waals surface area contributed by atoms with Gasteiger partial charge in [0.1, 0.15) is 6.61 Å². The van der Waals surface area contributed by atoms with E-state index in [4.69, 9.17) is 9.84 Å². The molecule has 3 aromatic rings. The number of nitrogens with zero attached hydrogens (tertiary/aromatic N) is 1. The minimum absolute atomic E-state index is 0.0846. The van der Waals surface area contributed by atoms with Crippen LogP contribution < -0.4 is 16.2 Å². The van der Waals surface area contributed by atoms with Crippen molar-refractivity contribution in [2.75, 3.05) is 13.2 Å². The summed E-state index contributed by atoms with van der Waals surface area (Å²) in [6.45, 7) is 0.943. The number of fused-ring (bicyclic) bond motifs is 3. The second kappa shape index (κ2) is 11.4. The van der Waals surface area contributed by atoms with Gasteiger partial charge in [0, 0.05) is 19.0 Å². The second-order valence-electron chi connectivity index (χ2n) is 9.51. The van der Waals surface area contributed by atoms with Crippen LogP contribution in [0.15, 0.2) is 78.9 Å². The molecule has 0 bridgehead atoms. The molecule has 1 aliphatic carbocycles. The number of carbonyl (C=O) groups is 4. The number of benzene rings is 3. The third-order valence-corrected chi connectivity index (χ3v) is 7.17. The molecule has 4 N–H and O–H groups in total. The van der Waals surface area contributed by atoms with E-state index in [0.717, 1.165) is 27.8 Å². The molecule has 0 saturated carbocycles. The molecule has 10 heteroatoms. The predicted octanol–water partition coefficient (Wildman–Crippen LogP) is 2.61. The molecular formula is C29H28N4O6. The summed E-state index contributed by atoms with van der Waals surface area (Å²) in [6, 6.07) is 25.4. The number of ether oxygens (including phenoxy) is 1. The number of carbonyl (C=O) groups excluding carboxylic acids is 3. The Labute approximate surface area is 224 Å². The molecule has 2 atom stereocenters. The van der Waals surface area contributed by atoms with Gasteiger partial charge in [0.2, 0.25) is 5.91 Å². The SMILES string of the molecule is O=C(NNC(=O)C1CCN(Cc2ccccc2)C1NC(=O)C(=O)O)OCC1c2ccccc2-c2ccccc21. The Hall–Kier alpha value is -4.70. The molecule has 39 heavy (non-hydrogen) atoms. The van der Waals surface area contributed by atoms with Crippen molar-refractivity contribution in [1.29, 1.82) is 0 Å². The van der Waals surface area contributed by atoms with E-state index >= 15 is 0 Å². The fraction of sp³-hybridized carbons (Fsp3) is 0.241. The Balaban J connectivity index is 1.19. The van der Waals surface area contributed by atoms with Crippen LogP contribution >= 0.6 is 0 Å². The largest absolute Gasteiger partial charge is 0.474 e. The third-order valence-electron chi connectivity index (χ3n) is 7.17. The van der Waals surface area contributed by atoms with E-state index < -0.39 is 36.0 Å². The molecule has 5 rings (SSSR count). The van der Waals surface area contributed by atoms with Crippen molar-refractivity contribution >= 4 is 23.9 Å². The summed E-state index contributed by atoms with van der Waals surface area (Å²) in [5.41, 5.74) is 9.94. The van der Waals surface area contributed by atoms with Crippen molar-refractivity contribution in [1.82, 2.24) is 21.1 Å². The zero-order valence-electron chi connectivity index (χ0n) is 21.0. The lowest BCUT2D eigenvalue weighted by atomic mass is 9.98. The first kappa shape index (κ1) is 25.9. The van der Waals surface area contributed by atoms with Gasteiger partial charge < -0.3 is 15.2 Å². The molecule has 2 aliphatic rings. The topological polar surface area (TPSA) is 137 Å². The van der Waals surface area contributed by atoms with E-state index in [1.165, 1.54) is 0 Å². The van der Waals surface area contributed by atoms with Crippen LogP contribution in [0.5, 0.6) is 0 Å². The molecule has 10 nitrogen and oxygen atoms in total. The maximum Gasteiger partial charge on any atom is 0.426 e. The zero-order chi connectivity index (χ0) is 27.4. The van der Waals surface area contributed by atoms with Crippen LogP contribution in [-0.2, 0) is 25.7 Å². The lowest BCUT2D eigenvalue weighted by Gasteiger charge is -2.28. The minimum Gasteiger partial charge on any atom is -0.474 e. The summed E-state index contributed by atoms with van der Waals surface area (Å²) in [7, 11) is 0. The van der Waals surface area contributed by atoms with Crippen LogP contribution in [0.1, 0.15) is 29.0 Å². The second-order valence-corrected chi connectivity index (χ2v) is 9.51. The summed E-state index contributed by atoms with van der Waals surface area (Å²) < 4.78 is 5.45. The Morgan fingerprint density at radius 2 is 1.46 bits per heavy atom. The normalized spacial score (nSPS) is 18.1. The van der Waals surface area contributed by atoms with Crippen LogP contribution in [0.25, 0.3) is 11.1 Å². The van der Waals surface area contributed by atoms with E-state index in [0.29, 0.717) is 19.5 Å². The maximum atomic E-state index is 13.0. The first-order valence-electron chi connectivity index (χ1n) is 12.6. The van der Waals surface area contributed by atoms with Gasteiger partial charge in [-0.3, -0.25) is 19.9 Å². The fourth-order valence-electron chi connectivity index (χ4n) is 5.35. The van der Waals surface area contributed by atoms with Gasteiger partial charge in [-0.2, -0.15) is 0 Å². The minimum atomic E-state index is -1.64. The maximum absolute atomic E-state index is 13.0. The Morgan fingerprint density at radius 3 is 2.10 bits per heavy atom. The fourth-order valence-corrected chi connectivity index (χ4v) is 5.35. The molecule has 1 aliphatic heterocycles. The van der Waals surface area contributed by atoms with Crippen LogP contribution in [-0.4, -0.2) is 53.2 Å². The van der Waals surface area contributed by atoms with E-state index in [-0.39, 0.29) is 12.5 Å². The molecule has 200 valence electrons. The van der Waals surface area contributed by atoms with E-state index in [2.05, 4.69) is 16.2 Å². The Kier molecular flexibility index (Phi) is 7.55. The number of hydrogen-bond acceptors (Lipinski definition) is 6. The predicted molar refractivity (Wildman–Crippen MR) is 141 cm³/mol. The van der Waals surface area contributed by atoms with Crippen LogP contribution in [0, 0.1) is 5.92 Å². The van der Waals surface area contributed by atoms with Crippen LogP contribution in [0.3, 0.4) is 0 Å². The average molecular weight is 529 g/mol. The Morgan fingerprint density at radius 1 is 0.846 bits per heavy atom. The molecule has 0 aromatic heterocycles. The molecule has 1 saturated heterocycles. The van der Waals surface area contributed by atoms with Crippen molar-refractivity contribution in [2.45, 2.75) is 25.0 Å². The monoisotopic (exact) mass is 528 g/mol. The van der Waals surface area contributed by atoms with Crippen molar-refractivity contribution in [3.8, 4) is 11.1 Å². The molecule has 0 radical (unpaired) electrons. The number of carboxylic acid groups (broad SMARTS) is 1. The van der Waals surface area contributed by atoms with Crippen molar-refractivity contribution in [3.63, 3.8) is 0 Å². The highest BCUT2D eigenvalue weighted by molar-refractivity contribution is 6.31. The van der Waals surface area contributed by atoms with Gasteiger partial charge in [-0.05, 0) is 34.2 Å². The van der Waals surface area contributed by atoms with Crippen molar-refractivity contribution in [2.24, 2.45) is 5.92 Å². The van der Waals surface area contributed by atoms with E-state index in [1.54, 1.807) is 0 Å². The van der Waals surface area contributed by atoms with Gasteiger partial charge in [-0.25, -0.2) is 15.0 Å². The lowest BCUT2D eigenvalue weighted by molar-refractivity contribution is -0.151. The Bertz CT molecular complexity index is 1350. The molecule has 1 fully saturated rings. The molecule has 1 heterocycles. The summed E-state index contributed by atoms with van der Waals surface area (Å²) in [4.78, 5) is 50.4. The van der Waals surface area contributed by atoms with Gasteiger partial charge in [0.15, 0.2) is 0 Å². The van der Waals surface area contributed by atoms with Crippen molar-refractivity contribution < 1.29 is 29.0 Å². The van der Waals surface area contributed by atoms with Gasteiger partial charge >= 0.3 is 18.0 Å². The summed E-state index contributed by atoms with van der Waals surface area (Å²) in [6.07, 6.45) is -1.33. The number of likely N-dealkylation sites (tertiary alicyclic amines) is 1. The lowest BCUT2D eigenvalue weighted by Crippen LogP contribution is -2.54. The molecular weight excluding hydrogens is 500 g/mol. The number of hydrogen-bond donors (Lipinski definition) is 4. The first-order valence-corrected chi connectivity index (χ1v) is 12.6. The van der Waals surface area contributed by atoms with E-state index in [9.17, 15) is 19.2 Å². The van der Waals surface area contributed by atoms with Gasteiger partial charge in [0.25, 0.3) is 0 Å². The third kappa shape index (κ3) is 5.60. The number of carboxylic acids is 1. The number of amides is 3. The van der Waals surface area contributed by atoms with Crippen LogP contribution in [0.4, 0.5) is 4.79 Å².